The lowest BCUT2D eigenvalue weighted by molar-refractivity contribution is 0.314. The summed E-state index contributed by atoms with van der Waals surface area (Å²) in [5, 5.41) is 6.21. The minimum atomic E-state index is -3.62. The Morgan fingerprint density at radius 2 is 2.18 bits per heavy atom. The van der Waals surface area contributed by atoms with Crippen LogP contribution in [0.4, 0.5) is 0 Å². The zero-order chi connectivity index (χ0) is 15.3. The molecule has 1 aliphatic heterocycles. The molecule has 3 aromatic heterocycles. The van der Waals surface area contributed by atoms with Crippen molar-refractivity contribution < 1.29 is 13.2 Å². The number of methoxy groups -OCH3 is 1. The third kappa shape index (κ3) is 1.87. The quantitative estimate of drug-likeness (QED) is 0.705. The first kappa shape index (κ1) is 13.7. The first-order valence-electron chi connectivity index (χ1n) is 6.60. The Bertz CT molecular complexity index is 926. The predicted molar refractivity (Wildman–Crippen MR) is 79.4 cm³/mol. The van der Waals surface area contributed by atoms with Gasteiger partial charge in [0.2, 0.25) is 0 Å². The summed E-state index contributed by atoms with van der Waals surface area (Å²) in [5.74, 6) is 0.605. The molecular weight excluding hydrogens is 326 g/mol. The van der Waals surface area contributed by atoms with E-state index < -0.39 is 10.0 Å². The van der Waals surface area contributed by atoms with E-state index in [0.717, 1.165) is 5.69 Å². The molecule has 0 atom stereocenters. The first-order valence-corrected chi connectivity index (χ1v) is 8.92. The Balaban J connectivity index is 1.74. The summed E-state index contributed by atoms with van der Waals surface area (Å²) in [7, 11) is -2.06. The number of aromatic nitrogens is 4. The van der Waals surface area contributed by atoms with E-state index in [2.05, 4.69) is 10.1 Å². The molecule has 10 heteroatoms. The molecule has 22 heavy (non-hydrogen) atoms. The van der Waals surface area contributed by atoms with Gasteiger partial charge in [-0.3, -0.25) is 9.08 Å². The van der Waals surface area contributed by atoms with Crippen molar-refractivity contribution in [2.75, 3.05) is 13.7 Å². The fraction of sp³-hybridized carbons (Fsp3) is 0.333. The number of sulfonamides is 1. The zero-order valence-corrected chi connectivity index (χ0v) is 13.3. The lowest BCUT2D eigenvalue weighted by atomic mass is 10.3. The minimum Gasteiger partial charge on any atom is -0.493 e. The van der Waals surface area contributed by atoms with Gasteiger partial charge in [-0.15, -0.1) is 11.3 Å². The van der Waals surface area contributed by atoms with Crippen molar-refractivity contribution in [3.05, 3.63) is 29.7 Å². The summed E-state index contributed by atoms with van der Waals surface area (Å²) in [6, 6.07) is 0. The highest BCUT2D eigenvalue weighted by molar-refractivity contribution is 7.89. The molecule has 4 rings (SSSR count). The summed E-state index contributed by atoms with van der Waals surface area (Å²) < 4.78 is 35.8. The Morgan fingerprint density at radius 3 is 3.00 bits per heavy atom. The van der Waals surface area contributed by atoms with Crippen molar-refractivity contribution in [1.29, 1.82) is 0 Å². The van der Waals surface area contributed by atoms with Gasteiger partial charge >= 0.3 is 0 Å². The number of hydrogen-bond acceptors (Lipinski definition) is 6. The summed E-state index contributed by atoms with van der Waals surface area (Å²) in [6.45, 7) is 1.12. The van der Waals surface area contributed by atoms with Crippen LogP contribution in [0.5, 0.6) is 5.75 Å². The maximum Gasteiger partial charge on any atom is 0.261 e. The molecule has 0 bridgehead atoms. The standard InChI is InChI=1S/C12H13N5O3S2/c1-20-10-6-14-17-3-2-15(8-9(10)17)22(18,19)11-7-13-12-16(11)4-5-21-12/h4-7H,2-3,8H2,1H3. The monoisotopic (exact) mass is 339 g/mol. The van der Waals surface area contributed by atoms with Crippen molar-refractivity contribution in [1.82, 2.24) is 23.5 Å². The number of thiazole rings is 1. The molecule has 0 saturated heterocycles. The molecule has 0 radical (unpaired) electrons. The molecule has 0 N–H and O–H groups in total. The van der Waals surface area contributed by atoms with Crippen LogP contribution in [-0.2, 0) is 23.1 Å². The average Bonchev–Trinajstić information content (AvgIpc) is 3.20. The van der Waals surface area contributed by atoms with Crippen LogP contribution in [0.15, 0.2) is 29.0 Å². The lowest BCUT2D eigenvalue weighted by Gasteiger charge is -2.26. The van der Waals surface area contributed by atoms with Gasteiger partial charge in [0.15, 0.2) is 15.7 Å². The van der Waals surface area contributed by atoms with Crippen LogP contribution in [0.3, 0.4) is 0 Å². The second-order valence-corrected chi connectivity index (χ2v) is 7.63. The maximum atomic E-state index is 12.9. The molecule has 4 heterocycles. The van der Waals surface area contributed by atoms with Crippen LogP contribution in [0.1, 0.15) is 5.69 Å². The maximum absolute atomic E-state index is 12.9. The average molecular weight is 339 g/mol. The second-order valence-electron chi connectivity index (χ2n) is 4.87. The number of imidazole rings is 1. The topological polar surface area (TPSA) is 81.7 Å². The molecule has 3 aromatic rings. The van der Waals surface area contributed by atoms with E-state index in [4.69, 9.17) is 4.74 Å². The molecule has 0 aliphatic carbocycles. The zero-order valence-electron chi connectivity index (χ0n) is 11.7. The fourth-order valence-electron chi connectivity index (χ4n) is 2.60. The predicted octanol–water partition coefficient (Wildman–Crippen LogP) is 0.805. The molecule has 116 valence electrons. The van der Waals surface area contributed by atoms with Gasteiger partial charge < -0.3 is 4.74 Å². The van der Waals surface area contributed by atoms with Gasteiger partial charge in [0.1, 0.15) is 0 Å². The van der Waals surface area contributed by atoms with Gasteiger partial charge in [0.05, 0.1) is 38.3 Å². The SMILES string of the molecule is COc1cnn2c1CN(S(=O)(=O)c1cnc3sccn13)CC2. The van der Waals surface area contributed by atoms with Gasteiger partial charge in [0, 0.05) is 18.1 Å². The molecule has 0 unspecified atom stereocenters. The van der Waals surface area contributed by atoms with Crippen LogP contribution >= 0.6 is 11.3 Å². The molecule has 0 saturated carbocycles. The minimum absolute atomic E-state index is 0.190. The lowest BCUT2D eigenvalue weighted by Crippen LogP contribution is -2.38. The molecule has 1 aliphatic rings. The van der Waals surface area contributed by atoms with E-state index in [1.54, 1.807) is 28.6 Å². The molecule has 0 spiro atoms. The molecular formula is C12H13N5O3S2. The smallest absolute Gasteiger partial charge is 0.261 e. The van der Waals surface area contributed by atoms with E-state index >= 15 is 0 Å². The normalized spacial score (nSPS) is 16.0. The van der Waals surface area contributed by atoms with Crippen LogP contribution in [0.25, 0.3) is 4.96 Å². The van der Waals surface area contributed by atoms with E-state index in [1.807, 2.05) is 5.38 Å². The summed E-state index contributed by atoms with van der Waals surface area (Å²) >= 11 is 1.40. The number of hydrogen-bond donors (Lipinski definition) is 0. The van der Waals surface area contributed by atoms with Crippen LogP contribution < -0.4 is 4.74 Å². The Kier molecular flexibility index (Phi) is 2.99. The van der Waals surface area contributed by atoms with Gasteiger partial charge in [-0.25, -0.2) is 13.4 Å². The van der Waals surface area contributed by atoms with Crippen LogP contribution in [0, 0.1) is 0 Å². The van der Waals surface area contributed by atoms with Crippen LogP contribution in [-0.4, -0.2) is 45.5 Å². The molecule has 0 fully saturated rings. The first-order chi connectivity index (χ1) is 10.6. The Labute approximate surface area is 130 Å². The highest BCUT2D eigenvalue weighted by atomic mass is 32.2. The molecule has 0 amide bonds. The van der Waals surface area contributed by atoms with Gasteiger partial charge in [-0.2, -0.15) is 9.40 Å². The Hall–Kier alpha value is -1.91. The number of ether oxygens (including phenoxy) is 1. The largest absolute Gasteiger partial charge is 0.493 e. The van der Waals surface area contributed by atoms with E-state index in [0.29, 0.717) is 23.8 Å². The van der Waals surface area contributed by atoms with Crippen LogP contribution in [0.2, 0.25) is 0 Å². The van der Waals surface area contributed by atoms with Gasteiger partial charge in [-0.05, 0) is 0 Å². The van der Waals surface area contributed by atoms with E-state index in [9.17, 15) is 8.42 Å². The van der Waals surface area contributed by atoms with Crippen molar-refractivity contribution in [3.8, 4) is 5.75 Å². The molecule has 0 aromatic carbocycles. The number of nitrogens with zero attached hydrogens (tertiary/aromatic N) is 5. The highest BCUT2D eigenvalue weighted by Crippen LogP contribution is 2.27. The summed E-state index contributed by atoms with van der Waals surface area (Å²) in [6.07, 6.45) is 4.74. The van der Waals surface area contributed by atoms with E-state index in [1.165, 1.54) is 21.8 Å². The second kappa shape index (κ2) is 4.80. The molecule has 8 nitrogen and oxygen atoms in total. The van der Waals surface area contributed by atoms with Gasteiger partial charge in [0.25, 0.3) is 10.0 Å². The number of fused-ring (bicyclic) bond motifs is 2. The third-order valence-corrected chi connectivity index (χ3v) is 6.33. The fourth-order valence-corrected chi connectivity index (χ4v) is 4.81. The Morgan fingerprint density at radius 1 is 1.32 bits per heavy atom. The van der Waals surface area contributed by atoms with Crippen molar-refractivity contribution in [2.24, 2.45) is 0 Å². The van der Waals surface area contributed by atoms with Gasteiger partial charge in [-0.1, -0.05) is 0 Å². The van der Waals surface area contributed by atoms with Crippen molar-refractivity contribution in [3.63, 3.8) is 0 Å². The summed E-state index contributed by atoms with van der Waals surface area (Å²) in [5.41, 5.74) is 0.767. The van der Waals surface area contributed by atoms with Crippen molar-refractivity contribution >= 4 is 26.3 Å². The summed E-state index contributed by atoms with van der Waals surface area (Å²) in [4.78, 5) is 4.81. The van der Waals surface area contributed by atoms with Crippen molar-refractivity contribution in [2.45, 2.75) is 18.1 Å². The van der Waals surface area contributed by atoms with E-state index in [-0.39, 0.29) is 11.6 Å². The third-order valence-electron chi connectivity index (χ3n) is 3.73. The number of rotatable bonds is 3. The highest BCUT2D eigenvalue weighted by Gasteiger charge is 2.32.